The van der Waals surface area contributed by atoms with Gasteiger partial charge in [0.15, 0.2) is 0 Å². The molecule has 1 aromatic carbocycles. The maximum atomic E-state index is 14.6. The predicted octanol–water partition coefficient (Wildman–Crippen LogP) is 2.80. The van der Waals surface area contributed by atoms with Crippen LogP contribution in [0.3, 0.4) is 0 Å². The summed E-state index contributed by atoms with van der Waals surface area (Å²) in [5, 5.41) is 4.78. The summed E-state index contributed by atoms with van der Waals surface area (Å²) in [7, 11) is 1.68. The van der Waals surface area contributed by atoms with Crippen LogP contribution in [0.1, 0.15) is 23.5 Å². The first-order chi connectivity index (χ1) is 13.0. The quantitative estimate of drug-likeness (QED) is 0.749. The van der Waals surface area contributed by atoms with Gasteiger partial charge >= 0.3 is 0 Å². The second-order valence-electron chi connectivity index (χ2n) is 7.52. The van der Waals surface area contributed by atoms with Crippen LogP contribution in [0.4, 0.5) is 4.39 Å². The van der Waals surface area contributed by atoms with Crippen molar-refractivity contribution < 1.29 is 13.9 Å². The Balaban J connectivity index is 1.75. The number of halogens is 2. The molecule has 0 aromatic heterocycles. The number of carbonyl (C=O) groups excluding carboxylic acids is 1. The summed E-state index contributed by atoms with van der Waals surface area (Å²) in [5.74, 6) is -0.0800. The highest BCUT2D eigenvalue weighted by atomic mass is 35.5. The highest BCUT2D eigenvalue weighted by molar-refractivity contribution is 8.03. The number of amides is 1. The van der Waals surface area contributed by atoms with Crippen LogP contribution in [0, 0.1) is 17.7 Å². The number of alkyl halides is 1. The summed E-state index contributed by atoms with van der Waals surface area (Å²) in [6.07, 6.45) is 3.12. The number of hydrogen-bond donors (Lipinski definition) is 2. The first-order valence-corrected chi connectivity index (χ1v) is 10.7. The first kappa shape index (κ1) is 19.2. The fourth-order valence-corrected chi connectivity index (χ4v) is 6.42. The molecule has 7 heteroatoms. The number of benzene rings is 1. The Bertz CT molecular complexity index is 761. The molecule has 146 valence electrons. The van der Waals surface area contributed by atoms with Gasteiger partial charge in [0.25, 0.3) is 0 Å². The molecule has 7 unspecified atom stereocenters. The van der Waals surface area contributed by atoms with E-state index in [1.807, 2.05) is 17.5 Å². The maximum absolute atomic E-state index is 14.6. The molecule has 1 aromatic rings. The van der Waals surface area contributed by atoms with Gasteiger partial charge in [0, 0.05) is 25.0 Å². The number of ether oxygens (including phenoxy) is 1. The Morgan fingerprint density at radius 2 is 2.26 bits per heavy atom. The van der Waals surface area contributed by atoms with Crippen molar-refractivity contribution in [3.05, 3.63) is 46.6 Å². The summed E-state index contributed by atoms with van der Waals surface area (Å²) in [4.78, 5) is 12.5. The van der Waals surface area contributed by atoms with Gasteiger partial charge in [-0.05, 0) is 47.9 Å². The third-order valence-corrected chi connectivity index (χ3v) is 7.73. The Kier molecular flexibility index (Phi) is 5.52. The van der Waals surface area contributed by atoms with E-state index in [1.165, 1.54) is 0 Å². The van der Waals surface area contributed by atoms with E-state index >= 15 is 0 Å². The fraction of sp³-hybridized carbons (Fsp3) is 0.550. The Morgan fingerprint density at radius 1 is 1.44 bits per heavy atom. The molecule has 1 amide bonds. The van der Waals surface area contributed by atoms with Gasteiger partial charge in [-0.15, -0.1) is 23.4 Å². The lowest BCUT2D eigenvalue weighted by Crippen LogP contribution is -2.63. The van der Waals surface area contributed by atoms with Gasteiger partial charge in [0.2, 0.25) is 5.91 Å². The van der Waals surface area contributed by atoms with E-state index in [4.69, 9.17) is 22.1 Å². The molecule has 1 saturated carbocycles. The van der Waals surface area contributed by atoms with E-state index in [0.29, 0.717) is 24.9 Å². The minimum atomic E-state index is -0.231. The largest absolute Gasteiger partial charge is 0.381 e. The zero-order chi connectivity index (χ0) is 19.1. The van der Waals surface area contributed by atoms with E-state index in [-0.39, 0.29) is 52.3 Å². The van der Waals surface area contributed by atoms with Crippen LogP contribution in [-0.4, -0.2) is 42.3 Å². The number of nitrogens with one attached hydrogen (secondary N) is 1. The van der Waals surface area contributed by atoms with Crippen LogP contribution in [0.25, 0.3) is 0 Å². The number of allylic oxidation sites excluding steroid dienone is 1. The molecule has 3 N–H and O–H groups in total. The average molecular weight is 411 g/mol. The minimum Gasteiger partial charge on any atom is -0.381 e. The smallest absolute Gasteiger partial charge is 0.234 e. The van der Waals surface area contributed by atoms with Crippen LogP contribution in [0.2, 0.25) is 0 Å². The summed E-state index contributed by atoms with van der Waals surface area (Å²) in [6, 6.07) is 5.27. The maximum Gasteiger partial charge on any atom is 0.234 e. The van der Waals surface area contributed by atoms with Gasteiger partial charge in [-0.1, -0.05) is 18.2 Å². The van der Waals surface area contributed by atoms with E-state index in [0.717, 1.165) is 5.56 Å². The van der Waals surface area contributed by atoms with Crippen LogP contribution in [0.15, 0.2) is 29.7 Å². The summed E-state index contributed by atoms with van der Waals surface area (Å²) >= 11 is 8.20. The molecule has 7 atom stereocenters. The minimum absolute atomic E-state index is 0.0344. The summed E-state index contributed by atoms with van der Waals surface area (Å²) < 4.78 is 20.4. The molecule has 4 rings (SSSR count). The predicted molar refractivity (Wildman–Crippen MR) is 106 cm³/mol. The number of piperidine rings is 1. The molecule has 4 nitrogen and oxygen atoms in total. The Hall–Kier alpha value is -1.08. The molecular weight excluding hydrogens is 387 g/mol. The summed E-state index contributed by atoms with van der Waals surface area (Å²) in [6.45, 7) is 0.414. The lowest BCUT2D eigenvalue weighted by atomic mass is 9.63. The highest BCUT2D eigenvalue weighted by Crippen LogP contribution is 2.51. The zero-order valence-corrected chi connectivity index (χ0v) is 16.7. The van der Waals surface area contributed by atoms with Crippen molar-refractivity contribution in [2.45, 2.75) is 41.5 Å². The monoisotopic (exact) mass is 410 g/mol. The van der Waals surface area contributed by atoms with Crippen molar-refractivity contribution in [2.75, 3.05) is 13.7 Å². The molecule has 0 radical (unpaired) electrons. The topological polar surface area (TPSA) is 64.3 Å². The molecule has 2 fully saturated rings. The van der Waals surface area contributed by atoms with Gasteiger partial charge in [0.1, 0.15) is 5.82 Å². The number of thioether (sulfide) groups is 1. The van der Waals surface area contributed by atoms with E-state index in [9.17, 15) is 9.18 Å². The first-order valence-electron chi connectivity index (χ1n) is 9.33. The second kappa shape index (κ2) is 7.74. The Morgan fingerprint density at radius 3 is 2.96 bits per heavy atom. The normalized spacial score (nSPS) is 37.6. The molecular formula is C20H24ClFN2O2S. The molecule has 0 spiro atoms. The van der Waals surface area contributed by atoms with Crippen molar-refractivity contribution in [3.8, 4) is 0 Å². The van der Waals surface area contributed by atoms with Crippen molar-refractivity contribution in [1.82, 2.24) is 5.32 Å². The van der Waals surface area contributed by atoms with E-state index in [2.05, 4.69) is 11.4 Å². The Labute approximate surface area is 168 Å². The summed E-state index contributed by atoms with van der Waals surface area (Å²) in [5.41, 5.74) is 7.11. The standard InChI is InChI=1S/C20H24ClFN2O2S/c1-26-15-9-13(21)18-17(12-5-7-27-19(12)20(25)24-18)16(15)11-3-2-10(4-6-23)14(22)8-11/h2-3,5,7-8,12-13,15-19H,4,6,9,23H2,1H3,(H,24,25). The van der Waals surface area contributed by atoms with Crippen LogP contribution in [0.5, 0.6) is 0 Å². The van der Waals surface area contributed by atoms with Gasteiger partial charge < -0.3 is 15.8 Å². The SMILES string of the molecule is COC1CC(Cl)C2NC(=O)C3SC=CC3C2C1c1ccc(CCN)c(F)c1. The van der Waals surface area contributed by atoms with Crippen LogP contribution >= 0.6 is 23.4 Å². The second-order valence-corrected chi connectivity index (χ2v) is 9.13. The number of carbonyl (C=O) groups is 1. The van der Waals surface area contributed by atoms with Gasteiger partial charge in [0.05, 0.1) is 16.7 Å². The van der Waals surface area contributed by atoms with Crippen molar-refractivity contribution in [3.63, 3.8) is 0 Å². The van der Waals surface area contributed by atoms with E-state index in [1.54, 1.807) is 24.9 Å². The average Bonchev–Trinajstić information content (AvgIpc) is 3.15. The number of methoxy groups -OCH3 is 1. The molecule has 3 aliphatic rings. The van der Waals surface area contributed by atoms with Crippen molar-refractivity contribution in [2.24, 2.45) is 17.6 Å². The van der Waals surface area contributed by atoms with Crippen LogP contribution < -0.4 is 11.1 Å². The van der Waals surface area contributed by atoms with Gasteiger partial charge in [-0.2, -0.15) is 0 Å². The van der Waals surface area contributed by atoms with Crippen molar-refractivity contribution >= 4 is 29.3 Å². The molecule has 0 bridgehead atoms. The zero-order valence-electron chi connectivity index (χ0n) is 15.1. The number of rotatable bonds is 4. The van der Waals surface area contributed by atoms with E-state index < -0.39 is 0 Å². The highest BCUT2D eigenvalue weighted by Gasteiger charge is 2.55. The number of nitrogens with two attached hydrogens (primary N) is 1. The van der Waals surface area contributed by atoms with Gasteiger partial charge in [-0.25, -0.2) is 4.39 Å². The molecule has 27 heavy (non-hydrogen) atoms. The number of fused-ring (bicyclic) bond motifs is 3. The molecule has 1 aliphatic carbocycles. The number of hydrogen-bond acceptors (Lipinski definition) is 4. The molecule has 2 heterocycles. The third-order valence-electron chi connectivity index (χ3n) is 6.14. The van der Waals surface area contributed by atoms with Crippen molar-refractivity contribution in [1.29, 1.82) is 0 Å². The lowest BCUT2D eigenvalue weighted by molar-refractivity contribution is -0.127. The van der Waals surface area contributed by atoms with Crippen LogP contribution in [-0.2, 0) is 16.0 Å². The lowest BCUT2D eigenvalue weighted by Gasteiger charge is -2.51. The molecule has 2 aliphatic heterocycles. The van der Waals surface area contributed by atoms with Gasteiger partial charge in [-0.3, -0.25) is 4.79 Å². The fourth-order valence-electron chi connectivity index (χ4n) is 4.93. The third kappa shape index (κ3) is 3.31. The molecule has 1 saturated heterocycles.